The van der Waals surface area contributed by atoms with Crippen molar-refractivity contribution in [1.29, 1.82) is 0 Å². The largest absolute Gasteiger partial charge is 0.461 e. The molecule has 0 aliphatic heterocycles. The Labute approximate surface area is 106 Å². The molecule has 0 N–H and O–H groups in total. The van der Waals surface area contributed by atoms with E-state index < -0.39 is 46.0 Å². The summed E-state index contributed by atoms with van der Waals surface area (Å²) in [6.45, 7) is 4.77. The third kappa shape index (κ3) is 3.21. The van der Waals surface area contributed by atoms with Gasteiger partial charge in [0.15, 0.2) is 23.3 Å². The summed E-state index contributed by atoms with van der Waals surface area (Å²) >= 11 is 0. The van der Waals surface area contributed by atoms with E-state index in [9.17, 15) is 26.7 Å². The summed E-state index contributed by atoms with van der Waals surface area (Å²) in [7, 11) is 0. The lowest BCUT2D eigenvalue weighted by Crippen LogP contribution is -2.21. The molecule has 0 fully saturated rings. The van der Waals surface area contributed by atoms with Crippen LogP contribution in [-0.4, -0.2) is 12.6 Å². The molecule has 2 nitrogen and oxygen atoms in total. The molecule has 0 atom stereocenters. The Balaban J connectivity index is 3.18. The van der Waals surface area contributed by atoms with Crippen LogP contribution in [0, 0.1) is 34.5 Å². The molecule has 0 aliphatic carbocycles. The second kappa shape index (κ2) is 5.14. The number of benzene rings is 1. The van der Waals surface area contributed by atoms with Gasteiger partial charge in [0.1, 0.15) is 5.56 Å². The van der Waals surface area contributed by atoms with Crippen LogP contribution in [0.5, 0.6) is 0 Å². The Morgan fingerprint density at radius 2 is 1.26 bits per heavy atom. The number of carbonyl (C=O) groups excluding carboxylic acids is 1. The number of hydrogen-bond donors (Lipinski definition) is 0. The van der Waals surface area contributed by atoms with E-state index in [-0.39, 0.29) is 6.61 Å². The SMILES string of the molecule is CC(C)(C)COC(=O)c1c(F)c(F)c(F)c(F)c1F. The summed E-state index contributed by atoms with van der Waals surface area (Å²) < 4.78 is 69.5. The molecule has 0 saturated heterocycles. The first kappa shape index (κ1) is 15.4. The molecular formula is C12H11F5O2. The van der Waals surface area contributed by atoms with Gasteiger partial charge >= 0.3 is 5.97 Å². The van der Waals surface area contributed by atoms with E-state index in [1.807, 2.05) is 0 Å². The predicted octanol–water partition coefficient (Wildman–Crippen LogP) is 3.59. The highest BCUT2D eigenvalue weighted by molar-refractivity contribution is 5.90. The highest BCUT2D eigenvalue weighted by Crippen LogP contribution is 2.24. The van der Waals surface area contributed by atoms with Crippen LogP contribution in [0.2, 0.25) is 0 Å². The smallest absolute Gasteiger partial charge is 0.344 e. The molecule has 0 amide bonds. The van der Waals surface area contributed by atoms with E-state index in [0.29, 0.717) is 0 Å². The average Bonchev–Trinajstić information content (AvgIpc) is 2.31. The van der Waals surface area contributed by atoms with Gasteiger partial charge in [-0.05, 0) is 5.41 Å². The van der Waals surface area contributed by atoms with Crippen molar-refractivity contribution in [3.8, 4) is 0 Å². The Hall–Kier alpha value is -1.66. The minimum absolute atomic E-state index is 0.231. The van der Waals surface area contributed by atoms with Gasteiger partial charge < -0.3 is 4.74 Å². The first-order chi connectivity index (χ1) is 8.56. The van der Waals surface area contributed by atoms with Crippen molar-refractivity contribution in [2.45, 2.75) is 20.8 Å². The summed E-state index contributed by atoms with van der Waals surface area (Å²) in [4.78, 5) is 11.4. The fourth-order valence-electron chi connectivity index (χ4n) is 1.14. The molecule has 106 valence electrons. The second-order valence-corrected chi connectivity index (χ2v) is 5.08. The molecule has 0 unspecified atom stereocenters. The van der Waals surface area contributed by atoms with Gasteiger partial charge in [-0.25, -0.2) is 26.7 Å². The van der Waals surface area contributed by atoms with Crippen LogP contribution in [0.4, 0.5) is 22.0 Å². The average molecular weight is 282 g/mol. The standard InChI is InChI=1S/C12H11F5O2/c1-12(2,3)4-19-11(18)5-6(13)8(15)10(17)9(16)7(5)14/h4H2,1-3H3. The van der Waals surface area contributed by atoms with E-state index in [4.69, 9.17) is 0 Å². The Kier molecular flexibility index (Phi) is 4.17. The summed E-state index contributed by atoms with van der Waals surface area (Å²) in [5.74, 6) is -12.7. The van der Waals surface area contributed by atoms with Crippen molar-refractivity contribution in [3.63, 3.8) is 0 Å². The number of rotatable bonds is 2. The Morgan fingerprint density at radius 1 is 0.895 bits per heavy atom. The van der Waals surface area contributed by atoms with Gasteiger partial charge in [-0.2, -0.15) is 0 Å². The second-order valence-electron chi connectivity index (χ2n) is 5.08. The molecule has 19 heavy (non-hydrogen) atoms. The summed E-state index contributed by atoms with van der Waals surface area (Å²) in [6.07, 6.45) is 0. The van der Waals surface area contributed by atoms with E-state index in [1.165, 1.54) is 0 Å². The zero-order valence-corrected chi connectivity index (χ0v) is 10.4. The van der Waals surface area contributed by atoms with Crippen LogP contribution in [-0.2, 0) is 4.74 Å². The molecule has 1 aromatic rings. The monoisotopic (exact) mass is 282 g/mol. The molecular weight excluding hydrogens is 271 g/mol. The lowest BCUT2D eigenvalue weighted by atomic mass is 9.99. The third-order valence-corrected chi connectivity index (χ3v) is 2.05. The van der Waals surface area contributed by atoms with Gasteiger partial charge in [0.05, 0.1) is 6.61 Å². The summed E-state index contributed by atoms with van der Waals surface area (Å²) in [6, 6.07) is 0. The first-order valence-corrected chi connectivity index (χ1v) is 5.25. The minimum atomic E-state index is -2.32. The summed E-state index contributed by atoms with van der Waals surface area (Å²) in [5.41, 5.74) is -2.10. The quantitative estimate of drug-likeness (QED) is 0.358. The highest BCUT2D eigenvalue weighted by atomic mass is 19.2. The molecule has 0 saturated carbocycles. The van der Waals surface area contributed by atoms with Crippen LogP contribution in [0.1, 0.15) is 31.1 Å². The van der Waals surface area contributed by atoms with Gasteiger partial charge in [-0.3, -0.25) is 0 Å². The predicted molar refractivity (Wildman–Crippen MR) is 56.0 cm³/mol. The zero-order valence-electron chi connectivity index (χ0n) is 10.4. The molecule has 1 aromatic carbocycles. The van der Waals surface area contributed by atoms with Crippen molar-refractivity contribution >= 4 is 5.97 Å². The van der Waals surface area contributed by atoms with E-state index >= 15 is 0 Å². The van der Waals surface area contributed by atoms with Crippen LogP contribution in [0.25, 0.3) is 0 Å². The lowest BCUT2D eigenvalue weighted by molar-refractivity contribution is 0.0352. The van der Waals surface area contributed by atoms with Gasteiger partial charge in [0.2, 0.25) is 5.82 Å². The van der Waals surface area contributed by atoms with Crippen molar-refractivity contribution in [2.24, 2.45) is 5.41 Å². The lowest BCUT2D eigenvalue weighted by Gasteiger charge is -2.18. The number of esters is 1. The van der Waals surface area contributed by atoms with E-state index in [2.05, 4.69) is 4.74 Å². The van der Waals surface area contributed by atoms with Crippen LogP contribution in [0.15, 0.2) is 0 Å². The van der Waals surface area contributed by atoms with Gasteiger partial charge in [0, 0.05) is 0 Å². The van der Waals surface area contributed by atoms with Gasteiger partial charge in [0.25, 0.3) is 0 Å². The topological polar surface area (TPSA) is 26.3 Å². The minimum Gasteiger partial charge on any atom is -0.461 e. The van der Waals surface area contributed by atoms with Crippen molar-refractivity contribution in [3.05, 3.63) is 34.6 Å². The van der Waals surface area contributed by atoms with E-state index in [1.54, 1.807) is 20.8 Å². The first-order valence-electron chi connectivity index (χ1n) is 5.25. The fourth-order valence-corrected chi connectivity index (χ4v) is 1.14. The van der Waals surface area contributed by atoms with Crippen molar-refractivity contribution in [1.82, 2.24) is 0 Å². The highest BCUT2D eigenvalue weighted by Gasteiger charge is 2.31. The molecule has 0 aliphatic rings. The zero-order chi connectivity index (χ0) is 15.0. The molecule has 7 heteroatoms. The van der Waals surface area contributed by atoms with Gasteiger partial charge in [-0.15, -0.1) is 0 Å². The molecule has 0 radical (unpaired) electrons. The number of halogens is 5. The third-order valence-electron chi connectivity index (χ3n) is 2.05. The number of carbonyl (C=O) groups is 1. The molecule has 0 aromatic heterocycles. The van der Waals surface area contributed by atoms with Crippen molar-refractivity contribution < 1.29 is 31.5 Å². The Morgan fingerprint density at radius 3 is 1.63 bits per heavy atom. The van der Waals surface area contributed by atoms with Gasteiger partial charge in [-0.1, -0.05) is 20.8 Å². The Bertz CT molecular complexity index is 491. The number of ether oxygens (including phenoxy) is 1. The molecule has 0 heterocycles. The van der Waals surface area contributed by atoms with Crippen molar-refractivity contribution in [2.75, 3.05) is 6.61 Å². The van der Waals surface area contributed by atoms with Crippen LogP contribution in [0.3, 0.4) is 0 Å². The van der Waals surface area contributed by atoms with Crippen LogP contribution >= 0.6 is 0 Å². The fraction of sp³-hybridized carbons (Fsp3) is 0.417. The number of hydrogen-bond acceptors (Lipinski definition) is 2. The maximum absolute atomic E-state index is 13.3. The molecule has 0 bridgehead atoms. The summed E-state index contributed by atoms with van der Waals surface area (Å²) in [5, 5.41) is 0. The normalized spacial score (nSPS) is 11.6. The molecule has 1 rings (SSSR count). The maximum Gasteiger partial charge on any atom is 0.344 e. The van der Waals surface area contributed by atoms with E-state index in [0.717, 1.165) is 0 Å². The molecule has 0 spiro atoms. The van der Waals surface area contributed by atoms with Crippen LogP contribution < -0.4 is 0 Å². The maximum atomic E-state index is 13.3.